The topological polar surface area (TPSA) is 58.6 Å². The highest BCUT2D eigenvalue weighted by Gasteiger charge is 2.34. The van der Waals surface area contributed by atoms with E-state index < -0.39 is 11.9 Å². The van der Waals surface area contributed by atoms with E-state index in [0.29, 0.717) is 43.1 Å². The van der Waals surface area contributed by atoms with Crippen LogP contribution in [0.5, 0.6) is 5.75 Å². The molecule has 0 spiro atoms. The Bertz CT molecular complexity index is 1260. The van der Waals surface area contributed by atoms with E-state index in [-0.39, 0.29) is 5.70 Å². The number of imide groups is 1. The molecular weight excluding hydrogens is 539 g/mol. The van der Waals surface area contributed by atoms with Crippen molar-refractivity contribution in [3.63, 3.8) is 0 Å². The zero-order valence-electron chi connectivity index (χ0n) is 16.2. The predicted octanol–water partition coefficient (Wildman–Crippen LogP) is 7.09. The number of halogens is 4. The molecule has 0 aliphatic carbocycles. The third-order valence-corrected chi connectivity index (χ3v) is 6.18. The normalized spacial score (nSPS) is 14.8. The number of urea groups is 1. The van der Waals surface area contributed by atoms with E-state index in [1.807, 2.05) is 6.07 Å². The SMILES string of the molecule is O=C1N/C(=C/c2ccc(OCc3ccc(Cl)c(Cl)c3)c(Br)c2)C(=O)N1c1cccc(Cl)c1. The summed E-state index contributed by atoms with van der Waals surface area (Å²) in [4.78, 5) is 26.2. The quantitative estimate of drug-likeness (QED) is 0.272. The molecule has 5 nitrogen and oxygen atoms in total. The largest absolute Gasteiger partial charge is 0.488 e. The molecule has 0 radical (unpaired) electrons. The first-order valence-electron chi connectivity index (χ1n) is 9.31. The first kappa shape index (κ1) is 22.7. The molecule has 1 fully saturated rings. The molecule has 1 aliphatic heterocycles. The fourth-order valence-electron chi connectivity index (χ4n) is 3.07. The molecule has 0 bridgehead atoms. The minimum absolute atomic E-state index is 0.159. The maximum Gasteiger partial charge on any atom is 0.333 e. The molecule has 0 atom stereocenters. The van der Waals surface area contributed by atoms with Gasteiger partial charge in [-0.1, -0.05) is 53.0 Å². The van der Waals surface area contributed by atoms with Crippen LogP contribution in [-0.2, 0) is 11.4 Å². The van der Waals surface area contributed by atoms with Crippen LogP contribution >= 0.6 is 50.7 Å². The van der Waals surface area contributed by atoms with E-state index in [0.717, 1.165) is 10.5 Å². The second kappa shape index (κ2) is 9.55. The Hall–Kier alpha value is -2.51. The Labute approximate surface area is 207 Å². The lowest BCUT2D eigenvalue weighted by molar-refractivity contribution is -0.113. The van der Waals surface area contributed by atoms with Crippen LogP contribution in [0.2, 0.25) is 15.1 Å². The van der Waals surface area contributed by atoms with Gasteiger partial charge in [0, 0.05) is 5.02 Å². The minimum atomic E-state index is -0.538. The zero-order chi connectivity index (χ0) is 22.8. The molecule has 0 saturated carbocycles. The van der Waals surface area contributed by atoms with Crippen molar-refractivity contribution in [2.75, 3.05) is 4.90 Å². The van der Waals surface area contributed by atoms with Gasteiger partial charge in [0.2, 0.25) is 0 Å². The third kappa shape index (κ3) is 4.94. The van der Waals surface area contributed by atoms with E-state index in [1.54, 1.807) is 60.7 Å². The van der Waals surface area contributed by atoms with Crippen LogP contribution in [-0.4, -0.2) is 11.9 Å². The molecule has 1 heterocycles. The van der Waals surface area contributed by atoms with Gasteiger partial charge < -0.3 is 10.1 Å². The number of carbonyl (C=O) groups is 2. The van der Waals surface area contributed by atoms with Crippen molar-refractivity contribution in [2.45, 2.75) is 6.61 Å². The molecule has 3 amide bonds. The molecule has 1 aliphatic rings. The first-order chi connectivity index (χ1) is 15.3. The minimum Gasteiger partial charge on any atom is -0.488 e. The van der Waals surface area contributed by atoms with Gasteiger partial charge in [-0.25, -0.2) is 9.69 Å². The van der Waals surface area contributed by atoms with E-state index in [9.17, 15) is 9.59 Å². The highest BCUT2D eigenvalue weighted by molar-refractivity contribution is 9.10. The van der Waals surface area contributed by atoms with Gasteiger partial charge in [-0.15, -0.1) is 0 Å². The summed E-state index contributed by atoms with van der Waals surface area (Å²) in [7, 11) is 0. The van der Waals surface area contributed by atoms with Gasteiger partial charge in [0.15, 0.2) is 0 Å². The highest BCUT2D eigenvalue weighted by atomic mass is 79.9. The van der Waals surface area contributed by atoms with Gasteiger partial charge in [-0.2, -0.15) is 0 Å². The summed E-state index contributed by atoms with van der Waals surface area (Å²) in [5, 5.41) is 3.97. The number of anilines is 1. The maximum atomic E-state index is 12.8. The monoisotopic (exact) mass is 550 g/mol. The average molecular weight is 553 g/mol. The molecule has 3 aromatic rings. The molecular formula is C23H14BrCl3N2O3. The Balaban J connectivity index is 1.49. The van der Waals surface area contributed by atoms with Crippen LogP contribution in [0.3, 0.4) is 0 Å². The average Bonchev–Trinajstić information content (AvgIpc) is 3.02. The van der Waals surface area contributed by atoms with E-state index in [4.69, 9.17) is 39.5 Å². The molecule has 1 saturated heterocycles. The molecule has 9 heteroatoms. The molecule has 0 unspecified atom stereocenters. The molecule has 1 N–H and O–H groups in total. The summed E-state index contributed by atoms with van der Waals surface area (Å²) in [6.07, 6.45) is 1.60. The van der Waals surface area contributed by atoms with Crippen LogP contribution in [0.1, 0.15) is 11.1 Å². The summed E-state index contributed by atoms with van der Waals surface area (Å²) >= 11 is 21.4. The van der Waals surface area contributed by atoms with Crippen LogP contribution in [0, 0.1) is 0 Å². The van der Waals surface area contributed by atoms with E-state index >= 15 is 0 Å². The number of hydrogen-bond donors (Lipinski definition) is 1. The van der Waals surface area contributed by atoms with Crippen LogP contribution in [0.15, 0.2) is 70.8 Å². The van der Waals surface area contributed by atoms with Crippen molar-refractivity contribution in [3.05, 3.63) is 97.0 Å². The van der Waals surface area contributed by atoms with E-state index in [2.05, 4.69) is 21.2 Å². The van der Waals surface area contributed by atoms with Crippen molar-refractivity contribution in [1.29, 1.82) is 0 Å². The zero-order valence-corrected chi connectivity index (χ0v) is 20.1. The Morgan fingerprint density at radius 3 is 2.50 bits per heavy atom. The maximum absolute atomic E-state index is 12.8. The lowest BCUT2D eigenvalue weighted by Gasteiger charge is -2.11. The summed E-state index contributed by atoms with van der Waals surface area (Å²) in [6.45, 7) is 0.305. The number of benzene rings is 3. The third-order valence-electron chi connectivity index (χ3n) is 4.59. The smallest absolute Gasteiger partial charge is 0.333 e. The molecule has 3 aromatic carbocycles. The van der Waals surface area contributed by atoms with Gasteiger partial charge in [0.05, 0.1) is 20.2 Å². The van der Waals surface area contributed by atoms with Gasteiger partial charge in [0.1, 0.15) is 18.1 Å². The van der Waals surface area contributed by atoms with Crippen molar-refractivity contribution < 1.29 is 14.3 Å². The number of hydrogen-bond acceptors (Lipinski definition) is 3. The fourth-order valence-corrected chi connectivity index (χ4v) is 4.08. The Morgan fingerprint density at radius 1 is 0.969 bits per heavy atom. The highest BCUT2D eigenvalue weighted by Crippen LogP contribution is 2.30. The van der Waals surface area contributed by atoms with E-state index in [1.165, 1.54) is 0 Å². The Kier molecular flexibility index (Phi) is 6.76. The molecule has 32 heavy (non-hydrogen) atoms. The van der Waals surface area contributed by atoms with Crippen molar-refractivity contribution in [2.24, 2.45) is 0 Å². The van der Waals surface area contributed by atoms with Gasteiger partial charge in [0.25, 0.3) is 5.91 Å². The van der Waals surface area contributed by atoms with Gasteiger partial charge in [-0.05, 0) is 75.6 Å². The second-order valence-corrected chi connectivity index (χ2v) is 8.94. The Morgan fingerprint density at radius 2 is 1.78 bits per heavy atom. The second-order valence-electron chi connectivity index (χ2n) is 6.84. The van der Waals surface area contributed by atoms with Crippen molar-refractivity contribution >= 4 is 74.4 Å². The number of rotatable bonds is 5. The van der Waals surface area contributed by atoms with Crippen molar-refractivity contribution in [1.82, 2.24) is 5.32 Å². The predicted molar refractivity (Wildman–Crippen MR) is 130 cm³/mol. The van der Waals surface area contributed by atoms with Gasteiger partial charge >= 0.3 is 6.03 Å². The molecule has 4 rings (SSSR count). The van der Waals surface area contributed by atoms with Gasteiger partial charge in [-0.3, -0.25) is 4.79 Å². The number of nitrogens with zero attached hydrogens (tertiary/aromatic N) is 1. The number of amides is 3. The number of nitrogens with one attached hydrogen (secondary N) is 1. The standard InChI is InChI=1S/C23H14BrCl3N2O3/c24-17-8-13(5-7-21(17)32-12-14-4-6-18(26)19(27)9-14)10-20-22(30)29(23(31)28-20)16-3-1-2-15(25)11-16/h1-11H,12H2,(H,28,31)/b20-10+. The number of carbonyl (C=O) groups excluding carboxylic acids is 2. The summed E-state index contributed by atoms with van der Waals surface area (Å²) in [5.74, 6) is 0.147. The molecule has 162 valence electrons. The van der Waals surface area contributed by atoms with Crippen molar-refractivity contribution in [3.8, 4) is 5.75 Å². The lowest BCUT2D eigenvalue weighted by atomic mass is 10.1. The van der Waals surface area contributed by atoms with Crippen LogP contribution < -0.4 is 15.0 Å². The van der Waals surface area contributed by atoms with Crippen LogP contribution in [0.4, 0.5) is 10.5 Å². The summed E-state index contributed by atoms with van der Waals surface area (Å²) < 4.78 is 6.53. The number of ether oxygens (including phenoxy) is 1. The lowest BCUT2D eigenvalue weighted by Crippen LogP contribution is -2.30. The van der Waals surface area contributed by atoms with Crippen LogP contribution in [0.25, 0.3) is 6.08 Å². The summed E-state index contributed by atoms with van der Waals surface area (Å²) in [5.41, 5.74) is 2.13. The fraction of sp³-hybridized carbons (Fsp3) is 0.0435. The summed E-state index contributed by atoms with van der Waals surface area (Å²) in [6, 6.07) is 16.6. The first-order valence-corrected chi connectivity index (χ1v) is 11.2. The molecule has 0 aromatic heterocycles.